The normalized spacial score (nSPS) is 17.5. The molecule has 0 spiro atoms. The molecule has 5 rings (SSSR count). The minimum atomic E-state index is -0.931. The van der Waals surface area contributed by atoms with Gasteiger partial charge in [0.25, 0.3) is 6.01 Å². The monoisotopic (exact) mass is 520 g/mol. The van der Waals surface area contributed by atoms with E-state index in [-0.39, 0.29) is 29.9 Å². The number of likely N-dealkylation sites (tertiary alicyclic amines) is 1. The third kappa shape index (κ3) is 5.34. The summed E-state index contributed by atoms with van der Waals surface area (Å²) >= 11 is 0. The van der Waals surface area contributed by atoms with Crippen LogP contribution in [-0.4, -0.2) is 50.3 Å². The standard InChI is InChI=1S/C28H33FN6O3/c1-4-18-8-5-6-13-35(18)24(36)15-22(33-28-32-21-14-16(2)11-12-23(21)38-28)27(37)30-17(3)26-31-20-10-7-9-19(29)25(20)34-26/h7,9-12,14,17-18,22H,4-6,8,13,15H2,1-3H3,(H,30,37)(H,31,34)(H,32,33)/t17-,18-,22-/m0/s1. The highest BCUT2D eigenvalue weighted by Gasteiger charge is 2.31. The predicted molar refractivity (Wildman–Crippen MR) is 143 cm³/mol. The Kier molecular flexibility index (Phi) is 7.31. The number of nitrogens with zero attached hydrogens (tertiary/aromatic N) is 3. The number of aryl methyl sites for hydroxylation is 1. The lowest BCUT2D eigenvalue weighted by Gasteiger charge is -2.36. The number of carbonyl (C=O) groups excluding carboxylic acids is 2. The molecular formula is C28H33FN6O3. The van der Waals surface area contributed by atoms with Gasteiger partial charge in [0.15, 0.2) is 11.4 Å². The number of imidazole rings is 1. The first kappa shape index (κ1) is 25.7. The van der Waals surface area contributed by atoms with Crippen molar-refractivity contribution in [3.63, 3.8) is 0 Å². The second-order valence-corrected chi connectivity index (χ2v) is 10.0. The molecule has 0 saturated carbocycles. The number of halogens is 1. The maximum Gasteiger partial charge on any atom is 0.296 e. The number of H-pyrrole nitrogens is 1. The van der Waals surface area contributed by atoms with Crippen molar-refractivity contribution in [1.82, 2.24) is 25.2 Å². The van der Waals surface area contributed by atoms with Gasteiger partial charge in [-0.25, -0.2) is 9.37 Å². The van der Waals surface area contributed by atoms with Gasteiger partial charge in [0.1, 0.15) is 22.9 Å². The number of nitrogens with one attached hydrogen (secondary N) is 3. The number of fused-ring (bicyclic) bond motifs is 2. The number of hydrogen-bond acceptors (Lipinski definition) is 6. The topological polar surface area (TPSA) is 116 Å². The molecule has 1 saturated heterocycles. The summed E-state index contributed by atoms with van der Waals surface area (Å²) in [7, 11) is 0. The van der Waals surface area contributed by atoms with Gasteiger partial charge in [-0.2, -0.15) is 4.98 Å². The highest BCUT2D eigenvalue weighted by Crippen LogP contribution is 2.24. The third-order valence-corrected chi connectivity index (χ3v) is 7.21. The molecule has 4 aromatic rings. The fraction of sp³-hybridized carbons (Fsp3) is 0.429. The molecule has 2 aromatic carbocycles. The molecule has 3 atom stereocenters. The number of piperidine rings is 1. The number of para-hydroxylation sites is 1. The Morgan fingerprint density at radius 2 is 2.08 bits per heavy atom. The molecule has 10 heteroatoms. The molecule has 1 fully saturated rings. The molecule has 38 heavy (non-hydrogen) atoms. The Balaban J connectivity index is 1.37. The van der Waals surface area contributed by atoms with Crippen molar-refractivity contribution in [2.75, 3.05) is 11.9 Å². The second-order valence-electron chi connectivity index (χ2n) is 10.0. The summed E-state index contributed by atoms with van der Waals surface area (Å²) < 4.78 is 20.0. The van der Waals surface area contributed by atoms with Crippen molar-refractivity contribution < 1.29 is 18.4 Å². The van der Waals surface area contributed by atoms with Gasteiger partial charge in [0.2, 0.25) is 11.8 Å². The molecule has 0 bridgehead atoms. The van der Waals surface area contributed by atoms with Crippen LogP contribution < -0.4 is 10.6 Å². The number of carbonyl (C=O) groups is 2. The van der Waals surface area contributed by atoms with Gasteiger partial charge in [-0.05, 0) is 69.4 Å². The van der Waals surface area contributed by atoms with E-state index in [1.54, 1.807) is 19.1 Å². The lowest BCUT2D eigenvalue weighted by Crippen LogP contribution is -2.48. The number of hydrogen-bond donors (Lipinski definition) is 3. The first-order chi connectivity index (χ1) is 18.3. The summed E-state index contributed by atoms with van der Waals surface area (Å²) in [5.41, 5.74) is 3.05. The zero-order valence-electron chi connectivity index (χ0n) is 21.9. The molecule has 0 radical (unpaired) electrons. The van der Waals surface area contributed by atoms with E-state index in [2.05, 4.69) is 32.5 Å². The van der Waals surface area contributed by atoms with Crippen LogP contribution >= 0.6 is 0 Å². The van der Waals surface area contributed by atoms with Crippen LogP contribution in [0.15, 0.2) is 40.8 Å². The average molecular weight is 521 g/mol. The predicted octanol–water partition coefficient (Wildman–Crippen LogP) is 4.99. The van der Waals surface area contributed by atoms with Crippen LogP contribution in [0.25, 0.3) is 22.1 Å². The molecule has 0 unspecified atom stereocenters. The fourth-order valence-corrected chi connectivity index (χ4v) is 5.11. The second kappa shape index (κ2) is 10.8. The summed E-state index contributed by atoms with van der Waals surface area (Å²) in [5, 5.41) is 5.97. The van der Waals surface area contributed by atoms with Gasteiger partial charge < -0.3 is 24.9 Å². The molecule has 9 nitrogen and oxygen atoms in total. The smallest absolute Gasteiger partial charge is 0.296 e. The van der Waals surface area contributed by atoms with Crippen molar-refractivity contribution in [2.45, 2.75) is 71.0 Å². The maximum atomic E-state index is 14.2. The highest BCUT2D eigenvalue weighted by atomic mass is 19.1. The van der Waals surface area contributed by atoms with E-state index >= 15 is 0 Å². The number of oxazole rings is 1. The molecular weight excluding hydrogens is 487 g/mol. The number of anilines is 1. The van der Waals surface area contributed by atoms with Crippen LogP contribution in [0, 0.1) is 12.7 Å². The SMILES string of the molecule is CC[C@H]1CCCCN1C(=O)C[C@H](Nc1nc2cc(C)ccc2o1)C(=O)N[C@@H](C)c1nc2c(F)cccc2[nH]1. The largest absolute Gasteiger partial charge is 0.424 e. The van der Waals surface area contributed by atoms with Crippen LogP contribution in [0.5, 0.6) is 0 Å². The number of benzene rings is 2. The number of rotatable bonds is 8. The zero-order valence-corrected chi connectivity index (χ0v) is 21.9. The summed E-state index contributed by atoms with van der Waals surface area (Å²) in [6.07, 6.45) is 3.84. The quantitative estimate of drug-likeness (QED) is 0.301. The van der Waals surface area contributed by atoms with E-state index in [1.165, 1.54) is 6.07 Å². The van der Waals surface area contributed by atoms with E-state index in [1.807, 2.05) is 30.0 Å². The lowest BCUT2D eigenvalue weighted by atomic mass is 9.99. The Hall–Kier alpha value is -3.95. The molecule has 200 valence electrons. The molecule has 0 aliphatic carbocycles. The first-order valence-electron chi connectivity index (χ1n) is 13.2. The van der Waals surface area contributed by atoms with Crippen LogP contribution in [0.4, 0.5) is 10.4 Å². The molecule has 2 aromatic heterocycles. The summed E-state index contributed by atoms with van der Waals surface area (Å²) in [6.45, 7) is 6.49. The van der Waals surface area contributed by atoms with E-state index in [4.69, 9.17) is 4.42 Å². The van der Waals surface area contributed by atoms with Crippen molar-refractivity contribution in [3.8, 4) is 0 Å². The zero-order chi connectivity index (χ0) is 26.8. The minimum absolute atomic E-state index is 0.0540. The molecule has 2 amide bonds. The molecule has 1 aliphatic heterocycles. The number of amides is 2. The van der Waals surface area contributed by atoms with Gasteiger partial charge in [0, 0.05) is 12.6 Å². The van der Waals surface area contributed by atoms with E-state index in [9.17, 15) is 14.0 Å². The van der Waals surface area contributed by atoms with Gasteiger partial charge in [-0.15, -0.1) is 0 Å². The van der Waals surface area contributed by atoms with Gasteiger partial charge in [-0.3, -0.25) is 9.59 Å². The van der Waals surface area contributed by atoms with Crippen molar-refractivity contribution >= 4 is 40.0 Å². The lowest BCUT2D eigenvalue weighted by molar-refractivity contribution is -0.137. The van der Waals surface area contributed by atoms with Crippen LogP contribution in [0.3, 0.4) is 0 Å². The Bertz CT molecular complexity index is 1460. The summed E-state index contributed by atoms with van der Waals surface area (Å²) in [5.74, 6) is -0.514. The number of aromatic nitrogens is 3. The van der Waals surface area contributed by atoms with Gasteiger partial charge >= 0.3 is 0 Å². The summed E-state index contributed by atoms with van der Waals surface area (Å²) in [4.78, 5) is 40.7. The van der Waals surface area contributed by atoms with Crippen molar-refractivity contribution in [3.05, 3.63) is 53.6 Å². The first-order valence-corrected chi connectivity index (χ1v) is 13.2. The fourth-order valence-electron chi connectivity index (χ4n) is 5.11. The Morgan fingerprint density at radius 3 is 2.87 bits per heavy atom. The van der Waals surface area contributed by atoms with E-state index in [0.29, 0.717) is 29.0 Å². The minimum Gasteiger partial charge on any atom is -0.424 e. The number of aromatic amines is 1. The Labute approximate surface area is 220 Å². The van der Waals surface area contributed by atoms with E-state index in [0.717, 1.165) is 31.2 Å². The van der Waals surface area contributed by atoms with Gasteiger partial charge in [0.05, 0.1) is 18.0 Å². The van der Waals surface area contributed by atoms with Crippen molar-refractivity contribution in [1.29, 1.82) is 0 Å². The van der Waals surface area contributed by atoms with Gasteiger partial charge in [-0.1, -0.05) is 19.1 Å². The third-order valence-electron chi connectivity index (χ3n) is 7.21. The van der Waals surface area contributed by atoms with Crippen LogP contribution in [0.1, 0.15) is 63.4 Å². The van der Waals surface area contributed by atoms with E-state index < -0.39 is 23.8 Å². The average Bonchev–Trinajstić information content (AvgIpc) is 3.52. The molecule has 1 aliphatic rings. The maximum absolute atomic E-state index is 14.2. The summed E-state index contributed by atoms with van der Waals surface area (Å²) in [6, 6.07) is 9.16. The van der Waals surface area contributed by atoms with Crippen LogP contribution in [0.2, 0.25) is 0 Å². The van der Waals surface area contributed by atoms with Crippen LogP contribution in [-0.2, 0) is 9.59 Å². The van der Waals surface area contributed by atoms with Crippen molar-refractivity contribution in [2.24, 2.45) is 0 Å². The molecule has 3 N–H and O–H groups in total. The molecule has 3 heterocycles. The Morgan fingerprint density at radius 1 is 1.24 bits per heavy atom. The highest BCUT2D eigenvalue weighted by molar-refractivity contribution is 5.91.